The topological polar surface area (TPSA) is 118 Å². The lowest BCUT2D eigenvalue weighted by atomic mass is 10.0. The van der Waals surface area contributed by atoms with Crippen LogP contribution in [0.15, 0.2) is 52.8 Å². The molecule has 0 aliphatic rings. The third kappa shape index (κ3) is 5.47. The van der Waals surface area contributed by atoms with Gasteiger partial charge < -0.3 is 24.9 Å². The van der Waals surface area contributed by atoms with E-state index in [1.807, 2.05) is 0 Å². The minimum atomic E-state index is -1.16. The maximum Gasteiger partial charge on any atom is 0.326 e. The molecule has 8 heteroatoms. The summed E-state index contributed by atoms with van der Waals surface area (Å²) in [4.78, 5) is 36.4. The Balaban J connectivity index is 2.31. The second kappa shape index (κ2) is 9.40. The quantitative estimate of drug-likeness (QED) is 0.599. The number of carbonyl (C=O) groups excluding carboxylic acids is 2. The lowest BCUT2D eigenvalue weighted by Crippen LogP contribution is -2.47. The van der Waals surface area contributed by atoms with Gasteiger partial charge in [0.25, 0.3) is 11.8 Å². The Morgan fingerprint density at radius 1 is 1.14 bits per heavy atom. The predicted molar refractivity (Wildman–Crippen MR) is 102 cm³/mol. The second-order valence-electron chi connectivity index (χ2n) is 6.30. The number of ether oxygens (including phenoxy) is 1. The SMILES string of the molecule is COc1ccc(/C=C(\NC(=O)c2ccco2)C(=O)N[C@@H](C(=O)O)C(C)C)cc1. The molecule has 28 heavy (non-hydrogen) atoms. The van der Waals surface area contributed by atoms with Crippen LogP contribution >= 0.6 is 0 Å². The van der Waals surface area contributed by atoms with Crippen LogP contribution in [0.3, 0.4) is 0 Å². The molecule has 1 atom stereocenters. The highest BCUT2D eigenvalue weighted by Crippen LogP contribution is 2.14. The summed E-state index contributed by atoms with van der Waals surface area (Å²) in [5.41, 5.74) is 0.501. The Labute approximate surface area is 162 Å². The van der Waals surface area contributed by atoms with Crippen LogP contribution in [0.25, 0.3) is 6.08 Å². The average molecular weight is 386 g/mol. The van der Waals surface area contributed by atoms with Crippen molar-refractivity contribution in [2.45, 2.75) is 19.9 Å². The van der Waals surface area contributed by atoms with Crippen LogP contribution in [0.2, 0.25) is 0 Å². The van der Waals surface area contributed by atoms with Crippen LogP contribution in [0.5, 0.6) is 5.75 Å². The van der Waals surface area contributed by atoms with Gasteiger partial charge in [0, 0.05) is 0 Å². The molecule has 3 N–H and O–H groups in total. The number of nitrogens with one attached hydrogen (secondary N) is 2. The summed E-state index contributed by atoms with van der Waals surface area (Å²) in [7, 11) is 1.53. The van der Waals surface area contributed by atoms with Gasteiger partial charge >= 0.3 is 5.97 Å². The molecule has 0 aliphatic carbocycles. The number of aliphatic carboxylic acids is 1. The third-order valence-electron chi connectivity index (χ3n) is 3.88. The largest absolute Gasteiger partial charge is 0.497 e. The summed E-state index contributed by atoms with van der Waals surface area (Å²) in [6, 6.07) is 8.68. The Kier molecular flexibility index (Phi) is 6.97. The van der Waals surface area contributed by atoms with Crippen molar-refractivity contribution in [3.8, 4) is 5.75 Å². The highest BCUT2D eigenvalue weighted by atomic mass is 16.5. The fourth-order valence-corrected chi connectivity index (χ4v) is 2.35. The maximum atomic E-state index is 12.7. The van der Waals surface area contributed by atoms with Gasteiger partial charge in [0.05, 0.1) is 13.4 Å². The molecule has 0 radical (unpaired) electrons. The minimum absolute atomic E-state index is 0.0204. The smallest absolute Gasteiger partial charge is 0.326 e. The molecular weight excluding hydrogens is 364 g/mol. The van der Waals surface area contributed by atoms with E-state index in [4.69, 9.17) is 9.15 Å². The fraction of sp³-hybridized carbons (Fsp3) is 0.250. The lowest BCUT2D eigenvalue weighted by Gasteiger charge is -2.19. The van der Waals surface area contributed by atoms with Crippen molar-refractivity contribution >= 4 is 23.9 Å². The number of furan rings is 1. The molecule has 0 unspecified atom stereocenters. The predicted octanol–water partition coefficient (Wildman–Crippen LogP) is 2.28. The summed E-state index contributed by atoms with van der Waals surface area (Å²) >= 11 is 0. The first kappa shape index (κ1) is 20.8. The molecule has 0 spiro atoms. The first-order chi connectivity index (χ1) is 13.3. The van der Waals surface area contributed by atoms with E-state index in [0.29, 0.717) is 11.3 Å². The summed E-state index contributed by atoms with van der Waals surface area (Å²) in [5, 5.41) is 14.2. The minimum Gasteiger partial charge on any atom is -0.497 e. The average Bonchev–Trinajstić information content (AvgIpc) is 3.20. The normalized spacial score (nSPS) is 12.4. The Morgan fingerprint density at radius 2 is 1.82 bits per heavy atom. The molecule has 2 rings (SSSR count). The Bertz CT molecular complexity index is 853. The van der Waals surface area contributed by atoms with E-state index in [9.17, 15) is 19.5 Å². The molecule has 2 aromatic rings. The van der Waals surface area contributed by atoms with E-state index in [2.05, 4.69) is 10.6 Å². The van der Waals surface area contributed by atoms with Crippen LogP contribution in [0.1, 0.15) is 30.0 Å². The molecule has 0 aliphatic heterocycles. The number of carbonyl (C=O) groups is 3. The van der Waals surface area contributed by atoms with E-state index in [1.165, 1.54) is 25.5 Å². The van der Waals surface area contributed by atoms with Crippen molar-refractivity contribution < 1.29 is 28.6 Å². The highest BCUT2D eigenvalue weighted by Gasteiger charge is 2.26. The first-order valence-corrected chi connectivity index (χ1v) is 8.56. The van der Waals surface area contributed by atoms with Crippen LogP contribution in [0, 0.1) is 5.92 Å². The van der Waals surface area contributed by atoms with E-state index in [1.54, 1.807) is 44.2 Å². The number of amides is 2. The van der Waals surface area contributed by atoms with Gasteiger partial charge in [-0.25, -0.2) is 4.79 Å². The summed E-state index contributed by atoms with van der Waals surface area (Å²) in [6.07, 6.45) is 2.77. The number of hydrogen-bond acceptors (Lipinski definition) is 5. The maximum absolute atomic E-state index is 12.7. The summed E-state index contributed by atoms with van der Waals surface area (Å²) in [6.45, 7) is 3.35. The molecular formula is C20H22N2O6. The van der Waals surface area contributed by atoms with Crippen LogP contribution in [0.4, 0.5) is 0 Å². The number of carboxylic acid groups (broad SMARTS) is 1. The van der Waals surface area contributed by atoms with Crippen LogP contribution < -0.4 is 15.4 Å². The Morgan fingerprint density at radius 3 is 2.32 bits per heavy atom. The lowest BCUT2D eigenvalue weighted by molar-refractivity contribution is -0.142. The zero-order valence-corrected chi connectivity index (χ0v) is 15.8. The van der Waals surface area contributed by atoms with Crippen molar-refractivity contribution in [2.24, 2.45) is 5.92 Å². The second-order valence-corrected chi connectivity index (χ2v) is 6.30. The molecule has 1 aromatic heterocycles. The standard InChI is InChI=1S/C20H22N2O6/c1-12(2)17(20(25)26)22-18(23)15(21-19(24)16-5-4-10-28-16)11-13-6-8-14(27-3)9-7-13/h4-12,17H,1-3H3,(H,21,24)(H,22,23)(H,25,26)/b15-11-/t17-/m1/s1. The summed E-state index contributed by atoms with van der Waals surface area (Å²) < 4.78 is 10.1. The van der Waals surface area contributed by atoms with Crippen LogP contribution in [-0.4, -0.2) is 36.0 Å². The molecule has 2 amide bonds. The summed E-state index contributed by atoms with van der Waals surface area (Å²) in [5.74, 6) is -2.21. The van der Waals surface area contributed by atoms with Gasteiger partial charge in [-0.1, -0.05) is 26.0 Å². The van der Waals surface area contributed by atoms with Gasteiger partial charge in [-0.15, -0.1) is 0 Å². The van der Waals surface area contributed by atoms with E-state index >= 15 is 0 Å². The van der Waals surface area contributed by atoms with Gasteiger partial charge in [-0.3, -0.25) is 9.59 Å². The van der Waals surface area contributed by atoms with Crippen molar-refractivity contribution in [3.05, 3.63) is 59.7 Å². The van der Waals surface area contributed by atoms with Gasteiger partial charge in [-0.05, 0) is 41.8 Å². The van der Waals surface area contributed by atoms with Crippen molar-refractivity contribution in [1.29, 1.82) is 0 Å². The molecule has 1 heterocycles. The van der Waals surface area contributed by atoms with Crippen molar-refractivity contribution in [3.63, 3.8) is 0 Å². The molecule has 8 nitrogen and oxygen atoms in total. The van der Waals surface area contributed by atoms with E-state index in [0.717, 1.165) is 0 Å². The van der Waals surface area contributed by atoms with Gasteiger partial charge in [0.1, 0.15) is 17.5 Å². The molecule has 148 valence electrons. The number of hydrogen-bond donors (Lipinski definition) is 3. The van der Waals surface area contributed by atoms with E-state index in [-0.39, 0.29) is 17.4 Å². The van der Waals surface area contributed by atoms with Crippen molar-refractivity contribution in [2.75, 3.05) is 7.11 Å². The van der Waals surface area contributed by atoms with Crippen molar-refractivity contribution in [1.82, 2.24) is 10.6 Å². The molecule has 0 bridgehead atoms. The Hall–Kier alpha value is -3.55. The number of carboxylic acids is 1. The zero-order chi connectivity index (χ0) is 20.7. The molecule has 0 fully saturated rings. The first-order valence-electron chi connectivity index (χ1n) is 8.56. The zero-order valence-electron chi connectivity index (χ0n) is 15.8. The number of rotatable bonds is 8. The number of benzene rings is 1. The third-order valence-corrected chi connectivity index (χ3v) is 3.88. The van der Waals surface area contributed by atoms with Gasteiger partial charge in [0.15, 0.2) is 5.76 Å². The highest BCUT2D eigenvalue weighted by molar-refractivity contribution is 6.05. The van der Waals surface area contributed by atoms with E-state index < -0.39 is 23.8 Å². The van der Waals surface area contributed by atoms with Gasteiger partial charge in [-0.2, -0.15) is 0 Å². The fourth-order valence-electron chi connectivity index (χ4n) is 2.35. The monoisotopic (exact) mass is 386 g/mol. The molecule has 0 saturated carbocycles. The molecule has 0 saturated heterocycles. The van der Waals surface area contributed by atoms with Crippen LogP contribution in [-0.2, 0) is 9.59 Å². The van der Waals surface area contributed by atoms with Gasteiger partial charge in [0.2, 0.25) is 0 Å². The number of methoxy groups -OCH3 is 1. The molecule has 1 aromatic carbocycles.